The Balaban J connectivity index is 1.63. The average Bonchev–Trinajstić information content (AvgIpc) is 2.50. The third-order valence-corrected chi connectivity index (χ3v) is 3.69. The monoisotopic (exact) mass is 274 g/mol. The van der Waals surface area contributed by atoms with E-state index in [0.717, 1.165) is 52.5 Å². The molecule has 1 aromatic rings. The molecule has 1 saturated heterocycles. The Hall–Kier alpha value is -1.16. The highest BCUT2D eigenvalue weighted by molar-refractivity contribution is 5.48. The molecule has 0 spiro atoms. The quantitative estimate of drug-likeness (QED) is 0.710. The summed E-state index contributed by atoms with van der Waals surface area (Å²) in [6.45, 7) is 10.5. The molecule has 20 heavy (non-hydrogen) atoms. The molecule has 0 N–H and O–H groups in total. The lowest BCUT2D eigenvalue weighted by molar-refractivity contribution is 0.0844. The van der Waals surface area contributed by atoms with Gasteiger partial charge in [0.25, 0.3) is 0 Å². The zero-order valence-corrected chi connectivity index (χ0v) is 12.5. The molecular formula is C17H26N2O. The van der Waals surface area contributed by atoms with E-state index in [1.54, 1.807) is 0 Å². The summed E-state index contributed by atoms with van der Waals surface area (Å²) in [5.41, 5.74) is 1.28. The van der Waals surface area contributed by atoms with E-state index in [4.69, 9.17) is 4.74 Å². The zero-order chi connectivity index (χ0) is 14.0. The molecule has 0 radical (unpaired) electrons. The number of rotatable bonds is 7. The normalized spacial score (nSPS) is 17.9. The van der Waals surface area contributed by atoms with Crippen molar-refractivity contribution in [3.63, 3.8) is 0 Å². The molecule has 2 rings (SSSR count). The summed E-state index contributed by atoms with van der Waals surface area (Å²) in [6, 6.07) is 10.5. The zero-order valence-electron chi connectivity index (χ0n) is 12.5. The molecule has 1 heterocycles. The molecule has 0 atom stereocenters. The number of ether oxygens (including phenoxy) is 1. The van der Waals surface area contributed by atoms with E-state index in [0.29, 0.717) is 0 Å². The maximum atomic E-state index is 5.41. The fourth-order valence-corrected chi connectivity index (χ4v) is 2.44. The first-order valence-electron chi connectivity index (χ1n) is 7.62. The van der Waals surface area contributed by atoms with Gasteiger partial charge in [0.05, 0.1) is 6.61 Å². The second-order valence-corrected chi connectivity index (χ2v) is 5.15. The predicted molar refractivity (Wildman–Crippen MR) is 84.8 cm³/mol. The summed E-state index contributed by atoms with van der Waals surface area (Å²) in [6.07, 6.45) is 4.48. The Kier molecular flexibility index (Phi) is 6.78. The Morgan fingerprint density at radius 1 is 1.05 bits per heavy atom. The maximum Gasteiger partial charge on any atom is 0.0593 e. The van der Waals surface area contributed by atoms with Gasteiger partial charge < -0.3 is 4.74 Å². The molecule has 0 aromatic heterocycles. The van der Waals surface area contributed by atoms with Crippen LogP contribution in [-0.2, 0) is 4.74 Å². The summed E-state index contributed by atoms with van der Waals surface area (Å²) < 4.78 is 5.41. The van der Waals surface area contributed by atoms with Gasteiger partial charge in [-0.1, -0.05) is 42.5 Å². The highest BCUT2D eigenvalue weighted by Crippen LogP contribution is 2.04. The SMILES string of the molecule is CCOCCN1CCN(C/C=C\c2ccccc2)CC1. The van der Waals surface area contributed by atoms with Gasteiger partial charge in [0.15, 0.2) is 0 Å². The molecule has 1 aliphatic heterocycles. The summed E-state index contributed by atoms with van der Waals surface area (Å²) >= 11 is 0. The molecule has 3 nitrogen and oxygen atoms in total. The standard InChI is InChI=1S/C17H26N2O/c1-2-20-16-15-19-13-11-18(12-14-19)10-6-9-17-7-4-3-5-8-17/h3-9H,2,10-16H2,1H3/b9-6-. The first-order chi connectivity index (χ1) is 9.88. The van der Waals surface area contributed by atoms with Gasteiger partial charge in [-0.2, -0.15) is 0 Å². The number of nitrogens with zero attached hydrogens (tertiary/aromatic N) is 2. The fraction of sp³-hybridized carbons (Fsp3) is 0.529. The van der Waals surface area contributed by atoms with Crippen LogP contribution in [0.4, 0.5) is 0 Å². The fourth-order valence-electron chi connectivity index (χ4n) is 2.44. The van der Waals surface area contributed by atoms with Crippen LogP contribution in [0.25, 0.3) is 6.08 Å². The molecule has 1 aromatic carbocycles. The Morgan fingerprint density at radius 2 is 1.75 bits per heavy atom. The molecule has 0 amide bonds. The Bertz CT molecular complexity index is 383. The van der Waals surface area contributed by atoms with Crippen LogP contribution in [0.3, 0.4) is 0 Å². The number of hydrogen-bond donors (Lipinski definition) is 0. The number of benzene rings is 1. The Morgan fingerprint density at radius 3 is 2.45 bits per heavy atom. The third kappa shape index (κ3) is 5.45. The van der Waals surface area contributed by atoms with Crippen molar-refractivity contribution >= 4 is 6.08 Å². The van der Waals surface area contributed by atoms with Crippen molar-refractivity contribution in [3.05, 3.63) is 42.0 Å². The van der Waals surface area contributed by atoms with Gasteiger partial charge in [0.2, 0.25) is 0 Å². The lowest BCUT2D eigenvalue weighted by Gasteiger charge is -2.33. The van der Waals surface area contributed by atoms with Gasteiger partial charge in [0, 0.05) is 45.9 Å². The molecule has 1 fully saturated rings. The molecule has 0 saturated carbocycles. The van der Waals surface area contributed by atoms with Crippen molar-refractivity contribution < 1.29 is 4.74 Å². The van der Waals surface area contributed by atoms with E-state index in [2.05, 4.69) is 59.2 Å². The van der Waals surface area contributed by atoms with Crippen molar-refractivity contribution in [2.75, 3.05) is 52.5 Å². The number of hydrogen-bond acceptors (Lipinski definition) is 3. The second kappa shape index (κ2) is 8.90. The predicted octanol–water partition coefficient (Wildman–Crippen LogP) is 2.35. The first-order valence-corrected chi connectivity index (χ1v) is 7.62. The summed E-state index contributed by atoms with van der Waals surface area (Å²) in [7, 11) is 0. The molecule has 3 heteroatoms. The minimum Gasteiger partial charge on any atom is -0.380 e. The van der Waals surface area contributed by atoms with Crippen LogP contribution < -0.4 is 0 Å². The highest BCUT2D eigenvalue weighted by atomic mass is 16.5. The van der Waals surface area contributed by atoms with Crippen LogP contribution in [0.1, 0.15) is 12.5 Å². The van der Waals surface area contributed by atoms with Gasteiger partial charge in [-0.3, -0.25) is 9.80 Å². The van der Waals surface area contributed by atoms with Crippen LogP contribution in [0, 0.1) is 0 Å². The molecule has 0 unspecified atom stereocenters. The van der Waals surface area contributed by atoms with E-state index in [-0.39, 0.29) is 0 Å². The van der Waals surface area contributed by atoms with Crippen LogP contribution in [0.5, 0.6) is 0 Å². The van der Waals surface area contributed by atoms with Crippen molar-refractivity contribution in [2.45, 2.75) is 6.92 Å². The Labute approximate surface area is 122 Å². The van der Waals surface area contributed by atoms with Gasteiger partial charge in [-0.05, 0) is 12.5 Å². The van der Waals surface area contributed by atoms with E-state index in [9.17, 15) is 0 Å². The van der Waals surface area contributed by atoms with E-state index >= 15 is 0 Å². The van der Waals surface area contributed by atoms with Crippen LogP contribution in [0.15, 0.2) is 36.4 Å². The molecule has 1 aliphatic rings. The lowest BCUT2D eigenvalue weighted by atomic mass is 10.2. The van der Waals surface area contributed by atoms with Gasteiger partial charge in [-0.15, -0.1) is 0 Å². The average molecular weight is 274 g/mol. The molecular weight excluding hydrogens is 248 g/mol. The molecule has 0 aliphatic carbocycles. The van der Waals surface area contributed by atoms with Crippen LogP contribution >= 0.6 is 0 Å². The van der Waals surface area contributed by atoms with Crippen molar-refractivity contribution in [1.29, 1.82) is 0 Å². The van der Waals surface area contributed by atoms with E-state index in [1.807, 2.05) is 0 Å². The van der Waals surface area contributed by atoms with Crippen LogP contribution in [-0.4, -0.2) is 62.3 Å². The summed E-state index contributed by atoms with van der Waals surface area (Å²) in [5, 5.41) is 0. The topological polar surface area (TPSA) is 15.7 Å². The minimum absolute atomic E-state index is 0.824. The lowest BCUT2D eigenvalue weighted by Crippen LogP contribution is -2.47. The van der Waals surface area contributed by atoms with Crippen molar-refractivity contribution in [2.24, 2.45) is 0 Å². The second-order valence-electron chi connectivity index (χ2n) is 5.15. The van der Waals surface area contributed by atoms with Gasteiger partial charge in [-0.25, -0.2) is 0 Å². The largest absolute Gasteiger partial charge is 0.380 e. The van der Waals surface area contributed by atoms with Crippen LogP contribution in [0.2, 0.25) is 0 Å². The van der Waals surface area contributed by atoms with Gasteiger partial charge in [0.1, 0.15) is 0 Å². The minimum atomic E-state index is 0.824. The third-order valence-electron chi connectivity index (χ3n) is 3.69. The maximum absolute atomic E-state index is 5.41. The van der Waals surface area contributed by atoms with Crippen molar-refractivity contribution in [3.8, 4) is 0 Å². The van der Waals surface area contributed by atoms with Gasteiger partial charge >= 0.3 is 0 Å². The highest BCUT2D eigenvalue weighted by Gasteiger charge is 2.14. The summed E-state index contributed by atoms with van der Waals surface area (Å²) in [5.74, 6) is 0. The van der Waals surface area contributed by atoms with E-state index in [1.165, 1.54) is 5.56 Å². The smallest absolute Gasteiger partial charge is 0.0593 e. The molecule has 110 valence electrons. The molecule has 0 bridgehead atoms. The summed E-state index contributed by atoms with van der Waals surface area (Å²) in [4.78, 5) is 5.00. The van der Waals surface area contributed by atoms with Crippen molar-refractivity contribution in [1.82, 2.24) is 9.80 Å². The number of piperazine rings is 1. The van der Waals surface area contributed by atoms with E-state index < -0.39 is 0 Å². The first kappa shape index (κ1) is 15.2.